The monoisotopic (exact) mass is 346 g/mol. The van der Waals surface area contributed by atoms with Crippen LogP contribution in [0.5, 0.6) is 0 Å². The Morgan fingerprint density at radius 1 is 1.46 bits per heavy atom. The van der Waals surface area contributed by atoms with Crippen LogP contribution in [0.3, 0.4) is 0 Å². The number of halogens is 1. The number of aromatic amines is 1. The van der Waals surface area contributed by atoms with E-state index in [1.165, 1.54) is 17.8 Å². The number of hydrogen-bond donors (Lipinski definition) is 2. The minimum atomic E-state index is -0.388. The van der Waals surface area contributed by atoms with Crippen molar-refractivity contribution in [3.05, 3.63) is 57.1 Å². The van der Waals surface area contributed by atoms with Gasteiger partial charge >= 0.3 is 0 Å². The topological polar surface area (TPSA) is 78.1 Å². The summed E-state index contributed by atoms with van der Waals surface area (Å²) in [5.41, 5.74) is 1.19. The van der Waals surface area contributed by atoms with Gasteiger partial charge in [0.05, 0.1) is 5.56 Å². The lowest BCUT2D eigenvalue weighted by atomic mass is 9.91. The van der Waals surface area contributed by atoms with Crippen molar-refractivity contribution in [2.24, 2.45) is 0 Å². The standard InChI is InChI=1S/C17H19ClN4O2/c1-19-15-8-11(4-5-20-15)12-3-2-6-22(10-12)17(24)13-7-14(18)16(23)21-9-13/h4-5,7-9,12H,2-3,6,10H2,1H3,(H,19,20)(H,21,23). The molecule has 0 spiro atoms. The first-order valence-electron chi connectivity index (χ1n) is 7.89. The predicted molar refractivity (Wildman–Crippen MR) is 93.7 cm³/mol. The Kier molecular flexibility index (Phi) is 4.85. The molecule has 2 N–H and O–H groups in total. The zero-order valence-corrected chi connectivity index (χ0v) is 14.1. The van der Waals surface area contributed by atoms with Crippen LogP contribution in [0, 0.1) is 0 Å². The number of nitrogens with one attached hydrogen (secondary N) is 2. The van der Waals surface area contributed by atoms with Gasteiger partial charge in [-0.25, -0.2) is 4.98 Å². The third-order valence-corrected chi connectivity index (χ3v) is 4.61. The van der Waals surface area contributed by atoms with Gasteiger partial charge in [0.1, 0.15) is 10.8 Å². The summed E-state index contributed by atoms with van der Waals surface area (Å²) in [7, 11) is 1.84. The lowest BCUT2D eigenvalue weighted by molar-refractivity contribution is 0.0706. The van der Waals surface area contributed by atoms with Gasteiger partial charge in [0.25, 0.3) is 11.5 Å². The Bertz CT molecular complexity index is 805. The predicted octanol–water partition coefficient (Wildman–Crippen LogP) is 2.48. The van der Waals surface area contributed by atoms with E-state index in [1.807, 2.05) is 24.1 Å². The van der Waals surface area contributed by atoms with Crippen LogP contribution in [0.15, 0.2) is 35.4 Å². The van der Waals surface area contributed by atoms with Gasteiger partial charge < -0.3 is 15.2 Å². The quantitative estimate of drug-likeness (QED) is 0.895. The average molecular weight is 347 g/mol. The molecule has 6 nitrogen and oxygen atoms in total. The Labute approximate surface area is 144 Å². The van der Waals surface area contributed by atoms with Gasteiger partial charge in [0.2, 0.25) is 0 Å². The maximum atomic E-state index is 12.7. The molecule has 1 saturated heterocycles. The van der Waals surface area contributed by atoms with Gasteiger partial charge in [-0.05, 0) is 36.6 Å². The van der Waals surface area contributed by atoms with Crippen molar-refractivity contribution in [2.45, 2.75) is 18.8 Å². The maximum Gasteiger partial charge on any atom is 0.266 e. The molecule has 126 valence electrons. The summed E-state index contributed by atoms with van der Waals surface area (Å²) in [5, 5.41) is 3.07. The van der Waals surface area contributed by atoms with Crippen molar-refractivity contribution in [2.75, 3.05) is 25.5 Å². The molecule has 2 aromatic rings. The molecular formula is C17H19ClN4O2. The van der Waals surface area contributed by atoms with Gasteiger partial charge in [-0.3, -0.25) is 9.59 Å². The fraction of sp³-hybridized carbons (Fsp3) is 0.353. The van der Waals surface area contributed by atoms with Gasteiger partial charge in [0, 0.05) is 38.4 Å². The number of hydrogen-bond acceptors (Lipinski definition) is 4. The first kappa shape index (κ1) is 16.5. The number of H-pyrrole nitrogens is 1. The number of pyridine rings is 2. The summed E-state index contributed by atoms with van der Waals surface area (Å²) in [6.45, 7) is 1.35. The molecule has 1 unspecified atom stereocenters. The van der Waals surface area contributed by atoms with E-state index in [9.17, 15) is 9.59 Å². The lowest BCUT2D eigenvalue weighted by Gasteiger charge is -2.33. The SMILES string of the molecule is CNc1cc(C2CCCN(C(=O)c3c[nH]c(=O)c(Cl)c3)C2)ccn1. The molecule has 1 aliphatic rings. The second kappa shape index (κ2) is 7.05. The minimum absolute atomic E-state index is 0.0298. The number of aromatic nitrogens is 2. The number of anilines is 1. The zero-order chi connectivity index (χ0) is 17.1. The van der Waals surface area contributed by atoms with Crippen LogP contribution in [-0.2, 0) is 0 Å². The zero-order valence-electron chi connectivity index (χ0n) is 13.4. The second-order valence-electron chi connectivity index (χ2n) is 5.88. The van der Waals surface area contributed by atoms with E-state index in [2.05, 4.69) is 15.3 Å². The van der Waals surface area contributed by atoms with E-state index in [4.69, 9.17) is 11.6 Å². The van der Waals surface area contributed by atoms with Crippen LogP contribution >= 0.6 is 11.6 Å². The molecule has 1 amide bonds. The van der Waals surface area contributed by atoms with Crippen molar-refractivity contribution >= 4 is 23.3 Å². The summed E-state index contributed by atoms with van der Waals surface area (Å²) < 4.78 is 0. The number of carbonyl (C=O) groups excluding carboxylic acids is 1. The van der Waals surface area contributed by atoms with Crippen LogP contribution in [0.2, 0.25) is 5.02 Å². The van der Waals surface area contributed by atoms with Gasteiger partial charge in [-0.2, -0.15) is 0 Å². The molecule has 3 rings (SSSR count). The summed E-state index contributed by atoms with van der Waals surface area (Å²) in [4.78, 5) is 32.6. The van der Waals surface area contributed by atoms with E-state index in [0.717, 1.165) is 18.7 Å². The average Bonchev–Trinajstić information content (AvgIpc) is 2.63. The van der Waals surface area contributed by atoms with Crippen LogP contribution < -0.4 is 10.9 Å². The Morgan fingerprint density at radius 2 is 2.29 bits per heavy atom. The molecule has 1 fully saturated rings. The molecule has 0 aromatic carbocycles. The Balaban J connectivity index is 1.78. The smallest absolute Gasteiger partial charge is 0.266 e. The van der Waals surface area contributed by atoms with Crippen molar-refractivity contribution in [1.29, 1.82) is 0 Å². The molecule has 2 aromatic heterocycles. The van der Waals surface area contributed by atoms with Crippen molar-refractivity contribution in [3.63, 3.8) is 0 Å². The van der Waals surface area contributed by atoms with Gasteiger partial charge in [-0.15, -0.1) is 0 Å². The molecule has 7 heteroatoms. The van der Waals surface area contributed by atoms with Crippen molar-refractivity contribution in [1.82, 2.24) is 14.9 Å². The fourth-order valence-electron chi connectivity index (χ4n) is 3.03. The van der Waals surface area contributed by atoms with Gasteiger partial charge in [-0.1, -0.05) is 11.6 Å². The number of carbonyl (C=O) groups is 1. The van der Waals surface area contributed by atoms with Crippen LogP contribution in [0.25, 0.3) is 0 Å². The first-order valence-corrected chi connectivity index (χ1v) is 8.27. The van der Waals surface area contributed by atoms with E-state index < -0.39 is 0 Å². The Morgan fingerprint density at radius 3 is 3.04 bits per heavy atom. The number of piperidine rings is 1. The largest absolute Gasteiger partial charge is 0.373 e. The molecule has 0 bridgehead atoms. The lowest BCUT2D eigenvalue weighted by Crippen LogP contribution is -2.39. The van der Waals surface area contributed by atoms with Gasteiger partial charge in [0.15, 0.2) is 0 Å². The molecule has 24 heavy (non-hydrogen) atoms. The molecule has 1 atom stereocenters. The van der Waals surface area contributed by atoms with Crippen molar-refractivity contribution < 1.29 is 4.79 Å². The normalized spacial score (nSPS) is 17.6. The molecule has 0 saturated carbocycles. The van der Waals surface area contributed by atoms with E-state index >= 15 is 0 Å². The maximum absolute atomic E-state index is 12.7. The number of nitrogens with zero attached hydrogens (tertiary/aromatic N) is 2. The highest BCUT2D eigenvalue weighted by atomic mass is 35.5. The molecule has 3 heterocycles. The van der Waals surface area contributed by atoms with E-state index in [1.54, 1.807) is 6.20 Å². The highest BCUT2D eigenvalue weighted by Crippen LogP contribution is 2.28. The number of amides is 1. The third-order valence-electron chi connectivity index (χ3n) is 4.32. The first-order chi connectivity index (χ1) is 11.6. The highest BCUT2D eigenvalue weighted by molar-refractivity contribution is 6.30. The van der Waals surface area contributed by atoms with E-state index in [-0.39, 0.29) is 22.4 Å². The summed E-state index contributed by atoms with van der Waals surface area (Å²) in [5.74, 6) is 0.986. The third kappa shape index (κ3) is 3.43. The van der Waals surface area contributed by atoms with E-state index in [0.29, 0.717) is 18.7 Å². The minimum Gasteiger partial charge on any atom is -0.373 e. The number of likely N-dealkylation sites (tertiary alicyclic amines) is 1. The van der Waals surface area contributed by atoms with Crippen LogP contribution in [0.4, 0.5) is 5.82 Å². The summed E-state index contributed by atoms with van der Waals surface area (Å²) in [6.07, 6.45) is 5.17. The Hall–Kier alpha value is -2.34. The fourth-order valence-corrected chi connectivity index (χ4v) is 3.21. The molecule has 0 aliphatic carbocycles. The second-order valence-corrected chi connectivity index (χ2v) is 6.29. The highest BCUT2D eigenvalue weighted by Gasteiger charge is 2.26. The number of rotatable bonds is 3. The molecule has 1 aliphatic heterocycles. The molecule has 0 radical (unpaired) electrons. The van der Waals surface area contributed by atoms with Crippen LogP contribution in [0.1, 0.15) is 34.7 Å². The molecular weight excluding hydrogens is 328 g/mol. The van der Waals surface area contributed by atoms with Crippen LogP contribution in [-0.4, -0.2) is 40.9 Å². The van der Waals surface area contributed by atoms with Crippen molar-refractivity contribution in [3.8, 4) is 0 Å². The summed E-state index contributed by atoms with van der Waals surface area (Å²) >= 11 is 5.83. The summed E-state index contributed by atoms with van der Waals surface area (Å²) in [6, 6.07) is 5.45.